The molecule has 0 bridgehead atoms. The summed E-state index contributed by atoms with van der Waals surface area (Å²) in [4.78, 5) is 30.1. The number of rotatable bonds is 3. The highest BCUT2D eigenvalue weighted by molar-refractivity contribution is 5.79. The lowest BCUT2D eigenvalue weighted by molar-refractivity contribution is -0.126. The van der Waals surface area contributed by atoms with Crippen molar-refractivity contribution in [3.8, 4) is 0 Å². The fraction of sp³-hybridized carbons (Fsp3) is 0.588. The van der Waals surface area contributed by atoms with Crippen LogP contribution in [0.15, 0.2) is 24.4 Å². The Kier molecular flexibility index (Phi) is 5.58. The van der Waals surface area contributed by atoms with E-state index >= 15 is 0 Å². The van der Waals surface area contributed by atoms with Crippen LogP contribution in [-0.4, -0.2) is 40.6 Å². The fourth-order valence-corrected chi connectivity index (χ4v) is 2.48. The standard InChI is InChI=1S/C17H25N3O3/c1-17(2,3)23-16(22)20-10-7-13(8-11-20)15(21)19-12-14-6-4-5-9-18-14/h4-6,9,13H,7-8,10-12H2,1-3H3,(H,19,21). The molecule has 1 aliphatic heterocycles. The number of aromatic nitrogens is 1. The zero-order valence-corrected chi connectivity index (χ0v) is 14.0. The molecule has 1 aromatic heterocycles. The molecule has 0 spiro atoms. The summed E-state index contributed by atoms with van der Waals surface area (Å²) in [5.41, 5.74) is 0.348. The van der Waals surface area contributed by atoms with Gasteiger partial charge in [-0.05, 0) is 45.7 Å². The Morgan fingerprint density at radius 1 is 1.30 bits per heavy atom. The second-order valence-electron chi connectivity index (χ2n) is 6.78. The van der Waals surface area contributed by atoms with Crippen molar-refractivity contribution in [2.45, 2.75) is 45.8 Å². The summed E-state index contributed by atoms with van der Waals surface area (Å²) in [6, 6.07) is 5.62. The number of carbonyl (C=O) groups is 2. The van der Waals surface area contributed by atoms with Crippen molar-refractivity contribution >= 4 is 12.0 Å². The van der Waals surface area contributed by atoms with Crippen LogP contribution in [0, 0.1) is 5.92 Å². The minimum atomic E-state index is -0.492. The Bertz CT molecular complexity index is 532. The number of hydrogen-bond donors (Lipinski definition) is 1. The number of piperidine rings is 1. The van der Waals surface area contributed by atoms with Crippen LogP contribution in [0.4, 0.5) is 4.79 Å². The average Bonchev–Trinajstić information content (AvgIpc) is 2.52. The number of likely N-dealkylation sites (tertiary alicyclic amines) is 1. The second kappa shape index (κ2) is 7.44. The fourth-order valence-electron chi connectivity index (χ4n) is 2.48. The van der Waals surface area contributed by atoms with Crippen LogP contribution in [0.2, 0.25) is 0 Å². The van der Waals surface area contributed by atoms with E-state index in [1.807, 2.05) is 39.0 Å². The number of pyridine rings is 1. The zero-order valence-electron chi connectivity index (χ0n) is 14.0. The topological polar surface area (TPSA) is 71.5 Å². The smallest absolute Gasteiger partial charge is 0.410 e. The van der Waals surface area contributed by atoms with Crippen molar-refractivity contribution < 1.29 is 14.3 Å². The van der Waals surface area contributed by atoms with Crippen LogP contribution < -0.4 is 5.32 Å². The molecule has 126 valence electrons. The summed E-state index contributed by atoms with van der Waals surface area (Å²) >= 11 is 0. The number of carbonyl (C=O) groups excluding carboxylic acids is 2. The average molecular weight is 319 g/mol. The Hall–Kier alpha value is -2.11. The molecule has 1 N–H and O–H groups in total. The molecule has 0 radical (unpaired) electrons. The van der Waals surface area contributed by atoms with E-state index in [2.05, 4.69) is 10.3 Å². The summed E-state index contributed by atoms with van der Waals surface area (Å²) < 4.78 is 5.36. The molecule has 1 aromatic rings. The quantitative estimate of drug-likeness (QED) is 0.928. The van der Waals surface area contributed by atoms with Crippen molar-refractivity contribution in [3.63, 3.8) is 0 Å². The molecule has 2 amide bonds. The molecule has 0 unspecified atom stereocenters. The minimum Gasteiger partial charge on any atom is -0.444 e. The number of nitrogens with one attached hydrogen (secondary N) is 1. The van der Waals surface area contributed by atoms with Gasteiger partial charge in [0.25, 0.3) is 0 Å². The van der Waals surface area contributed by atoms with E-state index in [0.717, 1.165) is 5.69 Å². The highest BCUT2D eigenvalue weighted by Crippen LogP contribution is 2.20. The highest BCUT2D eigenvalue weighted by Gasteiger charge is 2.29. The lowest BCUT2D eigenvalue weighted by Gasteiger charge is -2.32. The maximum Gasteiger partial charge on any atom is 0.410 e. The van der Waals surface area contributed by atoms with Crippen molar-refractivity contribution in [3.05, 3.63) is 30.1 Å². The Labute approximate surface area is 137 Å². The molecule has 2 heterocycles. The predicted octanol–water partition coefficient (Wildman–Crippen LogP) is 2.34. The van der Waals surface area contributed by atoms with Gasteiger partial charge in [0.15, 0.2) is 0 Å². The van der Waals surface area contributed by atoms with Crippen LogP contribution >= 0.6 is 0 Å². The Balaban J connectivity index is 1.75. The first-order chi connectivity index (χ1) is 10.8. The maximum absolute atomic E-state index is 12.2. The van der Waals surface area contributed by atoms with Gasteiger partial charge in [-0.15, -0.1) is 0 Å². The van der Waals surface area contributed by atoms with Crippen LogP contribution in [-0.2, 0) is 16.1 Å². The lowest BCUT2D eigenvalue weighted by atomic mass is 9.96. The SMILES string of the molecule is CC(C)(C)OC(=O)N1CCC(C(=O)NCc2ccccn2)CC1. The van der Waals surface area contributed by atoms with E-state index in [1.165, 1.54) is 0 Å². The molecule has 0 saturated carbocycles. The molecule has 0 aliphatic carbocycles. The maximum atomic E-state index is 12.2. The second-order valence-corrected chi connectivity index (χ2v) is 6.78. The first-order valence-corrected chi connectivity index (χ1v) is 8.01. The molecule has 0 atom stereocenters. The molecule has 1 saturated heterocycles. The van der Waals surface area contributed by atoms with Gasteiger partial charge in [0, 0.05) is 25.2 Å². The molecular formula is C17H25N3O3. The van der Waals surface area contributed by atoms with Crippen molar-refractivity contribution in [2.75, 3.05) is 13.1 Å². The molecule has 6 nitrogen and oxygen atoms in total. The van der Waals surface area contributed by atoms with Crippen LogP contribution in [0.1, 0.15) is 39.3 Å². The Morgan fingerprint density at radius 2 is 2.00 bits per heavy atom. The van der Waals surface area contributed by atoms with Crippen molar-refractivity contribution in [2.24, 2.45) is 5.92 Å². The van der Waals surface area contributed by atoms with E-state index < -0.39 is 5.60 Å². The number of amides is 2. The number of ether oxygens (including phenoxy) is 1. The molecule has 23 heavy (non-hydrogen) atoms. The third kappa shape index (κ3) is 5.54. The first-order valence-electron chi connectivity index (χ1n) is 8.01. The summed E-state index contributed by atoms with van der Waals surface area (Å²) in [5.74, 6) is -0.0307. The van der Waals surface area contributed by atoms with Gasteiger partial charge in [-0.1, -0.05) is 6.07 Å². The molecular weight excluding hydrogens is 294 g/mol. The molecule has 2 rings (SSSR count). The van der Waals surface area contributed by atoms with E-state index in [9.17, 15) is 9.59 Å². The van der Waals surface area contributed by atoms with Gasteiger partial charge in [0.1, 0.15) is 5.60 Å². The van der Waals surface area contributed by atoms with Crippen molar-refractivity contribution in [1.29, 1.82) is 0 Å². The molecule has 6 heteroatoms. The van der Waals surface area contributed by atoms with E-state index in [1.54, 1.807) is 11.1 Å². The Morgan fingerprint density at radius 3 is 2.57 bits per heavy atom. The largest absolute Gasteiger partial charge is 0.444 e. The van der Waals surface area contributed by atoms with Crippen LogP contribution in [0.25, 0.3) is 0 Å². The van der Waals surface area contributed by atoms with Crippen LogP contribution in [0.3, 0.4) is 0 Å². The van der Waals surface area contributed by atoms with Gasteiger partial charge in [0.05, 0.1) is 12.2 Å². The number of nitrogens with zero attached hydrogens (tertiary/aromatic N) is 2. The summed E-state index contributed by atoms with van der Waals surface area (Å²) in [7, 11) is 0. The summed E-state index contributed by atoms with van der Waals surface area (Å²) in [5, 5.41) is 2.91. The van der Waals surface area contributed by atoms with Gasteiger partial charge in [-0.2, -0.15) is 0 Å². The van der Waals surface area contributed by atoms with E-state index in [4.69, 9.17) is 4.74 Å². The van der Waals surface area contributed by atoms with E-state index in [0.29, 0.717) is 32.5 Å². The van der Waals surface area contributed by atoms with E-state index in [-0.39, 0.29) is 17.9 Å². The minimum absolute atomic E-state index is 0.0273. The van der Waals surface area contributed by atoms with Gasteiger partial charge in [0.2, 0.25) is 5.91 Å². The highest BCUT2D eigenvalue weighted by atomic mass is 16.6. The summed E-state index contributed by atoms with van der Waals surface area (Å²) in [6.07, 6.45) is 2.73. The molecule has 0 aromatic carbocycles. The third-order valence-electron chi connectivity index (χ3n) is 3.69. The van der Waals surface area contributed by atoms with Crippen LogP contribution in [0.5, 0.6) is 0 Å². The van der Waals surface area contributed by atoms with Gasteiger partial charge >= 0.3 is 6.09 Å². The predicted molar refractivity (Wildman–Crippen MR) is 86.6 cm³/mol. The van der Waals surface area contributed by atoms with Gasteiger partial charge in [-0.25, -0.2) is 4.79 Å². The normalized spacial score (nSPS) is 16.0. The number of hydrogen-bond acceptors (Lipinski definition) is 4. The van der Waals surface area contributed by atoms with Crippen molar-refractivity contribution in [1.82, 2.24) is 15.2 Å². The monoisotopic (exact) mass is 319 g/mol. The van der Waals surface area contributed by atoms with Gasteiger partial charge in [-0.3, -0.25) is 9.78 Å². The van der Waals surface area contributed by atoms with Gasteiger partial charge < -0.3 is 15.0 Å². The zero-order chi connectivity index (χ0) is 16.9. The summed E-state index contributed by atoms with van der Waals surface area (Å²) in [6.45, 7) is 7.09. The third-order valence-corrected chi connectivity index (χ3v) is 3.69. The first kappa shape index (κ1) is 17.2. The molecule has 1 aliphatic rings. The molecule has 1 fully saturated rings. The lowest BCUT2D eigenvalue weighted by Crippen LogP contribution is -2.44.